The van der Waals surface area contributed by atoms with Crippen molar-refractivity contribution < 1.29 is 13.9 Å². The summed E-state index contributed by atoms with van der Waals surface area (Å²) in [6, 6.07) is 11.3. The van der Waals surface area contributed by atoms with Crippen molar-refractivity contribution in [2.75, 3.05) is 11.9 Å². The third kappa shape index (κ3) is 2.88. The summed E-state index contributed by atoms with van der Waals surface area (Å²) in [7, 11) is 0. The molecule has 1 aromatic heterocycles. The Kier molecular flexibility index (Phi) is 3.54. The van der Waals surface area contributed by atoms with Crippen molar-refractivity contribution in [3.63, 3.8) is 0 Å². The van der Waals surface area contributed by atoms with Crippen LogP contribution in [0.15, 0.2) is 46.9 Å². The molecule has 0 aliphatic carbocycles. The quantitative estimate of drug-likeness (QED) is 0.747. The number of nitrogens with one attached hydrogen (secondary N) is 1. The van der Waals surface area contributed by atoms with Crippen LogP contribution in [-0.4, -0.2) is 17.5 Å². The zero-order valence-corrected chi connectivity index (χ0v) is 13.2. The van der Waals surface area contributed by atoms with Crippen LogP contribution in [-0.2, 0) is 11.2 Å². The van der Waals surface area contributed by atoms with Crippen LogP contribution in [0.2, 0.25) is 0 Å². The molecule has 1 aliphatic heterocycles. The molecule has 120 valence electrons. The number of fused-ring (bicyclic) bond motifs is 2. The van der Waals surface area contributed by atoms with Crippen molar-refractivity contribution in [2.24, 2.45) is 0 Å². The number of carbonyl (C=O) groups excluding carboxylic acids is 1. The first kappa shape index (κ1) is 14.5. The predicted molar refractivity (Wildman–Crippen MR) is 92.1 cm³/mol. The molecule has 24 heavy (non-hydrogen) atoms. The lowest BCUT2D eigenvalue weighted by molar-refractivity contribution is -0.111. The SMILES string of the molecule is Cc1nc2cc(NC(=O)C=Cc3ccc4c(c3)CCO4)ccc2o1. The van der Waals surface area contributed by atoms with E-state index in [9.17, 15) is 4.79 Å². The number of aryl methyl sites for hydroxylation is 1. The second-order valence-corrected chi connectivity index (χ2v) is 5.70. The van der Waals surface area contributed by atoms with Gasteiger partial charge in [0.2, 0.25) is 5.91 Å². The molecule has 5 nitrogen and oxygen atoms in total. The lowest BCUT2D eigenvalue weighted by Crippen LogP contribution is -2.07. The third-order valence-corrected chi connectivity index (χ3v) is 3.90. The highest BCUT2D eigenvalue weighted by molar-refractivity contribution is 6.02. The number of ether oxygens (including phenoxy) is 1. The maximum absolute atomic E-state index is 12.1. The summed E-state index contributed by atoms with van der Waals surface area (Å²) >= 11 is 0. The summed E-state index contributed by atoms with van der Waals surface area (Å²) in [6.45, 7) is 2.52. The lowest BCUT2D eigenvalue weighted by Gasteiger charge is -2.02. The molecule has 0 spiro atoms. The molecule has 1 amide bonds. The zero-order chi connectivity index (χ0) is 16.5. The van der Waals surface area contributed by atoms with Crippen molar-refractivity contribution in [1.29, 1.82) is 0 Å². The molecule has 0 fully saturated rings. The summed E-state index contributed by atoms with van der Waals surface area (Å²) in [6.07, 6.45) is 4.24. The van der Waals surface area contributed by atoms with Gasteiger partial charge in [0.1, 0.15) is 11.3 Å². The fourth-order valence-electron chi connectivity index (χ4n) is 2.79. The Morgan fingerprint density at radius 3 is 3.08 bits per heavy atom. The van der Waals surface area contributed by atoms with Crippen LogP contribution in [0.5, 0.6) is 5.75 Å². The summed E-state index contributed by atoms with van der Waals surface area (Å²) in [5.74, 6) is 1.35. The lowest BCUT2D eigenvalue weighted by atomic mass is 10.1. The van der Waals surface area contributed by atoms with Gasteiger partial charge in [-0.2, -0.15) is 0 Å². The fraction of sp³-hybridized carbons (Fsp3) is 0.158. The van der Waals surface area contributed by atoms with Gasteiger partial charge in [-0.3, -0.25) is 4.79 Å². The van der Waals surface area contributed by atoms with Crippen LogP contribution in [0.25, 0.3) is 17.2 Å². The van der Waals surface area contributed by atoms with Gasteiger partial charge < -0.3 is 14.5 Å². The monoisotopic (exact) mass is 320 g/mol. The molecule has 0 bridgehead atoms. The number of benzene rings is 2. The Bertz CT molecular complexity index is 956. The van der Waals surface area contributed by atoms with Gasteiger partial charge in [-0.25, -0.2) is 4.98 Å². The molecule has 0 atom stereocenters. The Hall–Kier alpha value is -3.08. The van der Waals surface area contributed by atoms with Crippen molar-refractivity contribution in [3.05, 3.63) is 59.5 Å². The molecule has 0 saturated carbocycles. The summed E-state index contributed by atoms with van der Waals surface area (Å²) in [5, 5.41) is 2.83. The van der Waals surface area contributed by atoms with Crippen LogP contribution in [0.1, 0.15) is 17.0 Å². The second kappa shape index (κ2) is 5.85. The van der Waals surface area contributed by atoms with Crippen molar-refractivity contribution >= 4 is 28.8 Å². The number of rotatable bonds is 3. The van der Waals surface area contributed by atoms with Gasteiger partial charge in [-0.15, -0.1) is 0 Å². The van der Waals surface area contributed by atoms with Gasteiger partial charge >= 0.3 is 0 Å². The maximum atomic E-state index is 12.1. The van der Waals surface area contributed by atoms with E-state index in [1.807, 2.05) is 12.1 Å². The van der Waals surface area contributed by atoms with E-state index in [2.05, 4.69) is 16.4 Å². The number of oxazole rings is 1. The molecule has 3 aromatic rings. The Morgan fingerprint density at radius 1 is 1.25 bits per heavy atom. The third-order valence-electron chi connectivity index (χ3n) is 3.90. The largest absolute Gasteiger partial charge is 0.493 e. The number of carbonyl (C=O) groups is 1. The van der Waals surface area contributed by atoms with E-state index >= 15 is 0 Å². The summed E-state index contributed by atoms with van der Waals surface area (Å²) in [5.41, 5.74) is 4.29. The average molecular weight is 320 g/mol. The van der Waals surface area contributed by atoms with Crippen LogP contribution < -0.4 is 10.1 Å². The molecule has 0 saturated heterocycles. The van der Waals surface area contributed by atoms with Gasteiger partial charge in [0.05, 0.1) is 6.61 Å². The smallest absolute Gasteiger partial charge is 0.248 e. The van der Waals surface area contributed by atoms with Crippen LogP contribution in [0.3, 0.4) is 0 Å². The Morgan fingerprint density at radius 2 is 2.17 bits per heavy atom. The number of nitrogens with zero attached hydrogens (tertiary/aromatic N) is 1. The highest BCUT2D eigenvalue weighted by Crippen LogP contribution is 2.26. The first-order valence-corrected chi connectivity index (χ1v) is 7.79. The summed E-state index contributed by atoms with van der Waals surface area (Å²) in [4.78, 5) is 16.4. The van der Waals surface area contributed by atoms with Gasteiger partial charge in [0, 0.05) is 25.1 Å². The van der Waals surface area contributed by atoms with Crippen LogP contribution in [0, 0.1) is 6.92 Å². The minimum atomic E-state index is -0.189. The molecule has 5 heteroatoms. The molecule has 0 unspecified atom stereocenters. The number of amides is 1. The number of aromatic nitrogens is 1. The highest BCUT2D eigenvalue weighted by Gasteiger charge is 2.11. The fourth-order valence-corrected chi connectivity index (χ4v) is 2.79. The minimum Gasteiger partial charge on any atom is -0.493 e. The normalized spacial score (nSPS) is 13.2. The Balaban J connectivity index is 1.47. The predicted octanol–water partition coefficient (Wildman–Crippen LogP) is 3.72. The first-order valence-electron chi connectivity index (χ1n) is 7.79. The average Bonchev–Trinajstić information content (AvgIpc) is 3.17. The summed E-state index contributed by atoms with van der Waals surface area (Å²) < 4.78 is 10.9. The molecular weight excluding hydrogens is 304 g/mol. The van der Waals surface area contributed by atoms with Crippen LogP contribution in [0.4, 0.5) is 5.69 Å². The molecule has 2 aromatic carbocycles. The van der Waals surface area contributed by atoms with E-state index in [-0.39, 0.29) is 5.91 Å². The van der Waals surface area contributed by atoms with Crippen molar-refractivity contribution in [3.8, 4) is 5.75 Å². The van der Waals surface area contributed by atoms with E-state index in [0.29, 0.717) is 17.2 Å². The van der Waals surface area contributed by atoms with E-state index in [4.69, 9.17) is 9.15 Å². The minimum absolute atomic E-state index is 0.189. The number of hydrogen-bond acceptors (Lipinski definition) is 4. The Labute approximate surface area is 139 Å². The second-order valence-electron chi connectivity index (χ2n) is 5.70. The topological polar surface area (TPSA) is 64.4 Å². The molecule has 2 heterocycles. The molecule has 4 rings (SSSR count). The molecular formula is C19H16N2O3. The number of hydrogen-bond donors (Lipinski definition) is 1. The van der Waals surface area contributed by atoms with Crippen molar-refractivity contribution in [2.45, 2.75) is 13.3 Å². The highest BCUT2D eigenvalue weighted by atomic mass is 16.5. The van der Waals surface area contributed by atoms with Gasteiger partial charge in [0.15, 0.2) is 11.5 Å². The first-order chi connectivity index (χ1) is 11.7. The molecule has 1 N–H and O–H groups in total. The van der Waals surface area contributed by atoms with Gasteiger partial charge in [-0.1, -0.05) is 6.07 Å². The standard InChI is InChI=1S/C19H16N2O3/c1-12-20-16-11-15(4-6-18(16)24-12)21-19(22)7-3-13-2-5-17-14(10-13)8-9-23-17/h2-7,10-11H,8-9H2,1H3,(H,21,22). The van der Waals surface area contributed by atoms with E-state index in [1.165, 1.54) is 11.6 Å². The maximum Gasteiger partial charge on any atom is 0.248 e. The van der Waals surface area contributed by atoms with Gasteiger partial charge in [-0.05, 0) is 47.5 Å². The zero-order valence-electron chi connectivity index (χ0n) is 13.2. The van der Waals surface area contributed by atoms with E-state index in [0.717, 1.165) is 29.9 Å². The van der Waals surface area contributed by atoms with E-state index in [1.54, 1.807) is 31.2 Å². The number of anilines is 1. The molecule has 0 radical (unpaired) electrons. The van der Waals surface area contributed by atoms with Crippen molar-refractivity contribution in [1.82, 2.24) is 4.98 Å². The van der Waals surface area contributed by atoms with E-state index < -0.39 is 0 Å². The molecule has 1 aliphatic rings. The van der Waals surface area contributed by atoms with Crippen LogP contribution >= 0.6 is 0 Å². The van der Waals surface area contributed by atoms with Gasteiger partial charge in [0.25, 0.3) is 0 Å².